The summed E-state index contributed by atoms with van der Waals surface area (Å²) in [6.07, 6.45) is 0. The molecule has 0 aromatic heterocycles. The lowest BCUT2D eigenvalue weighted by molar-refractivity contribution is -0.00000704. The Kier molecular flexibility index (Phi) is 3.97. The summed E-state index contributed by atoms with van der Waals surface area (Å²) in [4.78, 5) is 0. The van der Waals surface area contributed by atoms with Crippen molar-refractivity contribution in [3.63, 3.8) is 0 Å². The van der Waals surface area contributed by atoms with E-state index < -0.39 is 10.5 Å². The maximum Gasteiger partial charge on any atom is 1.00 e. The molecular weight excluding hydrogens is 179 g/mol. The number of rotatable bonds is 0. The standard InChI is InChI=1S/Br.FHO3S/c;1-5(2,3)4/h;(H,2,3,4)/q+1;/p-1. The quantitative estimate of drug-likeness (QED) is 0.369. The van der Waals surface area contributed by atoms with E-state index in [0.29, 0.717) is 0 Å². The largest absolute Gasteiger partial charge is 1.00 e. The molecule has 0 saturated heterocycles. The molecule has 0 aliphatic rings. The van der Waals surface area contributed by atoms with E-state index in [1.807, 2.05) is 0 Å². The van der Waals surface area contributed by atoms with E-state index in [1.165, 1.54) is 0 Å². The van der Waals surface area contributed by atoms with Gasteiger partial charge in [-0.25, -0.2) is 8.42 Å². The molecule has 0 atom stereocenters. The molecule has 0 aliphatic heterocycles. The monoisotopic (exact) mass is 178 g/mol. The Morgan fingerprint density at radius 2 is 1.50 bits per heavy atom. The lowest BCUT2D eigenvalue weighted by Crippen LogP contribution is -1.81. The zero-order valence-corrected chi connectivity index (χ0v) is 4.79. The summed E-state index contributed by atoms with van der Waals surface area (Å²) < 4.78 is 35.3. The van der Waals surface area contributed by atoms with Crippen LogP contribution < -0.4 is 0 Å². The Balaban J connectivity index is 0. The molecule has 0 spiro atoms. The highest BCUT2D eigenvalue weighted by Crippen LogP contribution is 1.73. The van der Waals surface area contributed by atoms with Gasteiger partial charge in [0, 0.05) is 0 Å². The number of halogens is 2. The Labute approximate surface area is 45.0 Å². The maximum absolute atomic E-state index is 10.1. The summed E-state index contributed by atoms with van der Waals surface area (Å²) in [6.45, 7) is 0. The fourth-order valence-electron chi connectivity index (χ4n) is 0. The van der Waals surface area contributed by atoms with Gasteiger partial charge in [-0.05, 0) is 0 Å². The van der Waals surface area contributed by atoms with Crippen molar-refractivity contribution in [3.05, 3.63) is 0 Å². The molecule has 38 valence electrons. The van der Waals surface area contributed by atoms with Gasteiger partial charge >= 0.3 is 17.0 Å². The molecule has 0 N–H and O–H groups in total. The van der Waals surface area contributed by atoms with Crippen LogP contribution in [0.4, 0.5) is 3.89 Å². The van der Waals surface area contributed by atoms with Crippen molar-refractivity contribution in [2.45, 2.75) is 0 Å². The molecule has 0 saturated carbocycles. The third-order valence-corrected chi connectivity index (χ3v) is 0. The zero-order chi connectivity index (χ0) is 4.50. The minimum absolute atomic E-state index is 0. The predicted octanol–water partition coefficient (Wildman–Crippen LogP) is -0.584. The molecule has 0 aromatic rings. The second-order valence-corrected chi connectivity index (χ2v) is 1.18. The van der Waals surface area contributed by atoms with Crippen LogP contribution >= 0.6 is 0 Å². The average Bonchev–Trinajstić information content (AvgIpc) is 0.722. The van der Waals surface area contributed by atoms with Crippen LogP contribution in [-0.4, -0.2) is 13.0 Å². The van der Waals surface area contributed by atoms with Crippen LogP contribution in [-0.2, 0) is 10.5 Å². The van der Waals surface area contributed by atoms with Crippen LogP contribution in [0.15, 0.2) is 0 Å². The molecule has 0 rings (SSSR count). The second kappa shape index (κ2) is 2.49. The minimum Gasteiger partial charge on any atom is -0.722 e. The summed E-state index contributed by atoms with van der Waals surface area (Å²) in [6, 6.07) is 0. The second-order valence-electron chi connectivity index (χ2n) is 0.393. The highest BCUT2D eigenvalue weighted by Gasteiger charge is 1.73. The molecular formula is BrFO3S. The first kappa shape index (κ1) is 9.58. The Morgan fingerprint density at radius 3 is 1.50 bits per heavy atom. The van der Waals surface area contributed by atoms with Gasteiger partial charge in [-0.15, -0.1) is 3.89 Å². The van der Waals surface area contributed by atoms with E-state index in [2.05, 4.69) is 0 Å². The van der Waals surface area contributed by atoms with Gasteiger partial charge in [0.15, 0.2) is 0 Å². The SMILES string of the molecule is O=S(=O)([O-])F.[Br+]. The van der Waals surface area contributed by atoms with E-state index in [4.69, 9.17) is 13.0 Å². The van der Waals surface area contributed by atoms with Gasteiger partial charge in [0.2, 0.25) is 0 Å². The van der Waals surface area contributed by atoms with Gasteiger partial charge in [0.1, 0.15) is 0 Å². The van der Waals surface area contributed by atoms with E-state index in [-0.39, 0.29) is 17.0 Å². The lowest BCUT2D eigenvalue weighted by atomic mass is 15.9. The summed E-state index contributed by atoms with van der Waals surface area (Å²) in [7, 11) is -5.42. The van der Waals surface area contributed by atoms with Crippen molar-refractivity contribution in [1.82, 2.24) is 0 Å². The maximum atomic E-state index is 10.1. The van der Waals surface area contributed by atoms with Crippen molar-refractivity contribution in [2.75, 3.05) is 0 Å². The van der Waals surface area contributed by atoms with Crippen molar-refractivity contribution < 1.29 is 33.8 Å². The van der Waals surface area contributed by atoms with Crippen LogP contribution in [0.1, 0.15) is 0 Å². The lowest BCUT2D eigenvalue weighted by Gasteiger charge is -1.84. The molecule has 0 unspecified atom stereocenters. The van der Waals surface area contributed by atoms with Crippen LogP contribution in [0.5, 0.6) is 0 Å². The van der Waals surface area contributed by atoms with Crippen molar-refractivity contribution in [3.8, 4) is 0 Å². The topological polar surface area (TPSA) is 57.2 Å². The Bertz CT molecular complexity index is 94.0. The number of hydrogen-bond acceptors (Lipinski definition) is 3. The normalized spacial score (nSPS) is 9.67. The molecule has 3 nitrogen and oxygen atoms in total. The first-order chi connectivity index (χ1) is 2.00. The van der Waals surface area contributed by atoms with Crippen LogP contribution in [0, 0.1) is 17.0 Å². The van der Waals surface area contributed by atoms with Crippen molar-refractivity contribution >= 4 is 10.5 Å². The smallest absolute Gasteiger partial charge is 0.722 e. The van der Waals surface area contributed by atoms with Crippen LogP contribution in [0.2, 0.25) is 0 Å². The molecule has 0 fully saturated rings. The molecule has 0 bridgehead atoms. The molecule has 2 radical (unpaired) electrons. The third-order valence-electron chi connectivity index (χ3n) is 0. The summed E-state index contributed by atoms with van der Waals surface area (Å²) in [5.41, 5.74) is 0. The number of hydrogen-bond donors (Lipinski definition) is 0. The minimum atomic E-state index is -5.42. The molecule has 0 aromatic carbocycles. The summed E-state index contributed by atoms with van der Waals surface area (Å²) >= 11 is 0. The van der Waals surface area contributed by atoms with Gasteiger partial charge in [-0.1, -0.05) is 0 Å². The molecule has 6 heavy (non-hydrogen) atoms. The third kappa shape index (κ3) is 465. The van der Waals surface area contributed by atoms with Gasteiger partial charge < -0.3 is 4.55 Å². The molecule has 0 aliphatic carbocycles. The van der Waals surface area contributed by atoms with E-state index in [9.17, 15) is 3.89 Å². The van der Waals surface area contributed by atoms with Gasteiger partial charge in [0.25, 0.3) is 10.5 Å². The molecule has 6 heteroatoms. The van der Waals surface area contributed by atoms with E-state index in [1.54, 1.807) is 0 Å². The summed E-state index contributed by atoms with van der Waals surface area (Å²) in [5, 5.41) is 0. The summed E-state index contributed by atoms with van der Waals surface area (Å²) in [5.74, 6) is 0. The van der Waals surface area contributed by atoms with Gasteiger partial charge in [0.05, 0.1) is 0 Å². The Hall–Kier alpha value is 0.320. The molecule has 0 amide bonds. The van der Waals surface area contributed by atoms with Crippen LogP contribution in [0.3, 0.4) is 0 Å². The highest BCUT2D eigenvalue weighted by molar-refractivity contribution is 7.80. The van der Waals surface area contributed by atoms with E-state index >= 15 is 0 Å². The van der Waals surface area contributed by atoms with Crippen LogP contribution in [0.25, 0.3) is 0 Å². The fraction of sp³-hybridized carbons (Fsp3) is 0. The highest BCUT2D eigenvalue weighted by atomic mass is 79.9. The van der Waals surface area contributed by atoms with Gasteiger partial charge in [-0.2, -0.15) is 0 Å². The van der Waals surface area contributed by atoms with Crippen molar-refractivity contribution in [1.29, 1.82) is 0 Å². The Morgan fingerprint density at radius 1 is 1.50 bits per heavy atom. The predicted molar refractivity (Wildman–Crippen MR) is 10.8 cm³/mol. The fourth-order valence-corrected chi connectivity index (χ4v) is 0. The molecule has 0 heterocycles. The first-order valence-corrected chi connectivity index (χ1v) is 1.96. The van der Waals surface area contributed by atoms with Crippen molar-refractivity contribution in [2.24, 2.45) is 0 Å². The first-order valence-electron chi connectivity index (χ1n) is 0.654. The average molecular weight is 179 g/mol. The zero-order valence-electron chi connectivity index (χ0n) is 2.39. The van der Waals surface area contributed by atoms with Gasteiger partial charge in [-0.3, -0.25) is 0 Å². The van der Waals surface area contributed by atoms with E-state index in [0.717, 1.165) is 0 Å².